The summed E-state index contributed by atoms with van der Waals surface area (Å²) < 4.78 is 0. The Morgan fingerprint density at radius 2 is 2.12 bits per heavy atom. The monoisotopic (exact) mass is 252 g/mol. The molecule has 1 aromatic carbocycles. The topological polar surface area (TPSA) is 72.2 Å². The number of anilines is 1. The van der Waals surface area contributed by atoms with Crippen LogP contribution in [0.1, 0.15) is 23.7 Å². The quantitative estimate of drug-likeness (QED) is 0.864. The van der Waals surface area contributed by atoms with Crippen LogP contribution in [0.3, 0.4) is 0 Å². The number of primary amides is 1. The third kappa shape index (κ3) is 2.58. The molecule has 1 aliphatic rings. The number of nitrogens with one attached hydrogen (secondary N) is 1. The minimum absolute atomic E-state index is 0.0183. The second-order valence-corrected chi connectivity index (χ2v) is 4.77. The van der Waals surface area contributed by atoms with Gasteiger partial charge >= 0.3 is 0 Å². The van der Waals surface area contributed by atoms with E-state index in [1.165, 1.54) is 6.07 Å². The van der Waals surface area contributed by atoms with Gasteiger partial charge in [0.15, 0.2) is 0 Å². The zero-order valence-corrected chi connectivity index (χ0v) is 10.1. The number of amides is 2. The summed E-state index contributed by atoms with van der Waals surface area (Å²) in [6.07, 6.45) is 0.919. The normalized spacial score (nSPS) is 22.0. The summed E-state index contributed by atoms with van der Waals surface area (Å²) in [5.74, 6) is -0.0956. The Hall–Kier alpha value is -1.55. The van der Waals surface area contributed by atoms with Crippen molar-refractivity contribution in [1.82, 2.24) is 0 Å². The highest BCUT2D eigenvalue weighted by atomic mass is 35.5. The molecule has 0 unspecified atom stereocenters. The summed E-state index contributed by atoms with van der Waals surface area (Å²) in [6, 6.07) is 4.70. The summed E-state index contributed by atoms with van der Waals surface area (Å²) in [7, 11) is 0. The lowest BCUT2D eigenvalue weighted by Crippen LogP contribution is -2.16. The SMILES string of the molecule is C[C@@H]1C[C@H]1C(=O)Nc1ccc(Cl)c(C(N)=O)c1. The van der Waals surface area contributed by atoms with Crippen LogP contribution in [0.25, 0.3) is 0 Å². The first-order chi connectivity index (χ1) is 7.99. The van der Waals surface area contributed by atoms with Crippen LogP contribution in [-0.4, -0.2) is 11.8 Å². The smallest absolute Gasteiger partial charge is 0.250 e. The highest BCUT2D eigenvalue weighted by molar-refractivity contribution is 6.34. The van der Waals surface area contributed by atoms with Gasteiger partial charge in [-0.15, -0.1) is 0 Å². The summed E-state index contributed by atoms with van der Waals surface area (Å²) >= 11 is 5.81. The second kappa shape index (κ2) is 4.37. The summed E-state index contributed by atoms with van der Waals surface area (Å²) in [4.78, 5) is 22.8. The number of carbonyl (C=O) groups excluding carboxylic acids is 2. The fourth-order valence-electron chi connectivity index (χ4n) is 1.71. The van der Waals surface area contributed by atoms with Crippen molar-refractivity contribution in [3.63, 3.8) is 0 Å². The Morgan fingerprint density at radius 3 is 2.65 bits per heavy atom. The van der Waals surface area contributed by atoms with E-state index < -0.39 is 5.91 Å². The van der Waals surface area contributed by atoms with Crippen LogP contribution < -0.4 is 11.1 Å². The third-order valence-electron chi connectivity index (χ3n) is 2.95. The predicted octanol–water partition coefficient (Wildman–Crippen LogP) is 2.03. The van der Waals surface area contributed by atoms with Crippen molar-refractivity contribution in [2.24, 2.45) is 17.6 Å². The largest absolute Gasteiger partial charge is 0.366 e. The number of carbonyl (C=O) groups is 2. The number of hydrogen-bond acceptors (Lipinski definition) is 2. The van der Waals surface area contributed by atoms with Crippen molar-refractivity contribution >= 4 is 29.1 Å². The van der Waals surface area contributed by atoms with Gasteiger partial charge < -0.3 is 11.1 Å². The van der Waals surface area contributed by atoms with Gasteiger partial charge in [0.2, 0.25) is 11.8 Å². The standard InChI is InChI=1S/C12H13ClN2O2/c1-6-4-8(6)12(17)15-7-2-3-10(13)9(5-7)11(14)16/h2-3,5-6,8H,4H2,1H3,(H2,14,16)(H,15,17)/t6-,8-/m1/s1. The molecule has 5 heteroatoms. The number of halogens is 1. The summed E-state index contributed by atoms with van der Waals surface area (Å²) in [5.41, 5.74) is 5.94. The van der Waals surface area contributed by atoms with E-state index in [0.29, 0.717) is 11.6 Å². The lowest BCUT2D eigenvalue weighted by atomic mass is 10.2. The van der Waals surface area contributed by atoms with Crippen LogP contribution in [0.5, 0.6) is 0 Å². The molecule has 0 bridgehead atoms. The summed E-state index contributed by atoms with van der Waals surface area (Å²) in [6.45, 7) is 2.03. The molecule has 0 saturated heterocycles. The maximum absolute atomic E-state index is 11.7. The molecule has 1 aliphatic carbocycles. The van der Waals surface area contributed by atoms with Gasteiger partial charge in [0.1, 0.15) is 0 Å². The number of rotatable bonds is 3. The van der Waals surface area contributed by atoms with Crippen molar-refractivity contribution in [1.29, 1.82) is 0 Å². The van der Waals surface area contributed by atoms with Crippen molar-refractivity contribution in [3.05, 3.63) is 28.8 Å². The van der Waals surface area contributed by atoms with Crippen LogP contribution in [0, 0.1) is 11.8 Å². The molecule has 0 aromatic heterocycles. The molecule has 2 atom stereocenters. The van der Waals surface area contributed by atoms with Crippen LogP contribution in [0.2, 0.25) is 5.02 Å². The van der Waals surface area contributed by atoms with Gasteiger partial charge in [-0.1, -0.05) is 18.5 Å². The van der Waals surface area contributed by atoms with E-state index in [0.717, 1.165) is 6.42 Å². The van der Waals surface area contributed by atoms with Gasteiger partial charge in [-0.05, 0) is 30.5 Å². The minimum Gasteiger partial charge on any atom is -0.366 e. The molecule has 1 aromatic rings. The molecular weight excluding hydrogens is 240 g/mol. The maximum atomic E-state index is 11.7. The molecule has 0 heterocycles. The van der Waals surface area contributed by atoms with E-state index in [2.05, 4.69) is 5.32 Å². The van der Waals surface area contributed by atoms with Crippen molar-refractivity contribution in [2.75, 3.05) is 5.32 Å². The number of nitrogens with two attached hydrogens (primary N) is 1. The first-order valence-electron chi connectivity index (χ1n) is 5.39. The third-order valence-corrected chi connectivity index (χ3v) is 3.28. The lowest BCUT2D eigenvalue weighted by molar-refractivity contribution is -0.117. The Morgan fingerprint density at radius 1 is 1.47 bits per heavy atom. The van der Waals surface area contributed by atoms with Crippen molar-refractivity contribution in [3.8, 4) is 0 Å². The molecule has 0 radical (unpaired) electrons. The zero-order chi connectivity index (χ0) is 12.6. The minimum atomic E-state index is -0.606. The average molecular weight is 253 g/mol. The highest BCUT2D eigenvalue weighted by Crippen LogP contribution is 2.38. The fraction of sp³-hybridized carbons (Fsp3) is 0.333. The molecule has 90 valence electrons. The molecule has 0 spiro atoms. The Balaban J connectivity index is 2.14. The van der Waals surface area contributed by atoms with E-state index in [4.69, 9.17) is 17.3 Å². The molecular formula is C12H13ClN2O2. The number of benzene rings is 1. The van der Waals surface area contributed by atoms with E-state index in [1.807, 2.05) is 6.92 Å². The van der Waals surface area contributed by atoms with Gasteiger partial charge in [0, 0.05) is 11.6 Å². The molecule has 0 aliphatic heterocycles. The van der Waals surface area contributed by atoms with Crippen molar-refractivity contribution in [2.45, 2.75) is 13.3 Å². The van der Waals surface area contributed by atoms with Crippen LogP contribution in [-0.2, 0) is 4.79 Å². The Kier molecular flexibility index (Phi) is 3.07. The molecule has 2 amide bonds. The first-order valence-corrected chi connectivity index (χ1v) is 5.77. The fourth-order valence-corrected chi connectivity index (χ4v) is 1.92. The Labute approximate surface area is 104 Å². The molecule has 1 saturated carbocycles. The van der Waals surface area contributed by atoms with E-state index in [1.54, 1.807) is 12.1 Å². The van der Waals surface area contributed by atoms with Gasteiger partial charge in [0.05, 0.1) is 10.6 Å². The van der Waals surface area contributed by atoms with Gasteiger partial charge in [-0.2, -0.15) is 0 Å². The van der Waals surface area contributed by atoms with Crippen LogP contribution in [0.4, 0.5) is 5.69 Å². The van der Waals surface area contributed by atoms with Crippen molar-refractivity contribution < 1.29 is 9.59 Å². The summed E-state index contributed by atoms with van der Waals surface area (Å²) in [5, 5.41) is 3.04. The number of hydrogen-bond donors (Lipinski definition) is 2. The van der Waals surface area contributed by atoms with Crippen LogP contribution in [0.15, 0.2) is 18.2 Å². The Bertz CT molecular complexity index is 487. The van der Waals surface area contributed by atoms with Gasteiger partial charge in [-0.3, -0.25) is 9.59 Å². The molecule has 2 rings (SSSR count). The average Bonchev–Trinajstić information content (AvgIpc) is 2.98. The highest BCUT2D eigenvalue weighted by Gasteiger charge is 2.39. The molecule has 3 N–H and O–H groups in total. The van der Waals surface area contributed by atoms with Gasteiger partial charge in [0.25, 0.3) is 0 Å². The predicted molar refractivity (Wildman–Crippen MR) is 65.9 cm³/mol. The van der Waals surface area contributed by atoms with E-state index >= 15 is 0 Å². The van der Waals surface area contributed by atoms with E-state index in [9.17, 15) is 9.59 Å². The zero-order valence-electron chi connectivity index (χ0n) is 9.37. The maximum Gasteiger partial charge on any atom is 0.250 e. The van der Waals surface area contributed by atoms with Crippen LogP contribution >= 0.6 is 11.6 Å². The van der Waals surface area contributed by atoms with E-state index in [-0.39, 0.29) is 22.4 Å². The first kappa shape index (κ1) is 11.9. The molecule has 17 heavy (non-hydrogen) atoms. The molecule has 4 nitrogen and oxygen atoms in total. The molecule has 1 fully saturated rings. The second-order valence-electron chi connectivity index (χ2n) is 4.37. The lowest BCUT2D eigenvalue weighted by Gasteiger charge is -2.07. The van der Waals surface area contributed by atoms with Gasteiger partial charge in [-0.25, -0.2) is 0 Å².